The summed E-state index contributed by atoms with van der Waals surface area (Å²) in [6, 6.07) is 14.8. The lowest BCUT2D eigenvalue weighted by molar-refractivity contribution is 0.102. The number of ether oxygens (including phenoxy) is 2. The number of benzene rings is 2. The Morgan fingerprint density at radius 3 is 2.25 bits per heavy atom. The molecule has 28 heavy (non-hydrogen) atoms. The predicted molar refractivity (Wildman–Crippen MR) is 111 cm³/mol. The normalized spacial score (nSPS) is 10.3. The van der Waals surface area contributed by atoms with Crippen LogP contribution in [0, 0.1) is 13.8 Å². The molecular weight excluding hydrogens is 354 g/mol. The van der Waals surface area contributed by atoms with E-state index in [0.29, 0.717) is 28.6 Å². The number of nitrogens with zero attached hydrogens (tertiary/aromatic N) is 1. The van der Waals surface area contributed by atoms with E-state index in [9.17, 15) is 4.79 Å². The zero-order chi connectivity index (χ0) is 20.1. The molecule has 6 nitrogen and oxygen atoms in total. The second kappa shape index (κ2) is 8.43. The molecule has 0 fully saturated rings. The fourth-order valence-electron chi connectivity index (χ4n) is 2.69. The molecule has 144 valence electrons. The van der Waals surface area contributed by atoms with E-state index in [1.54, 1.807) is 50.7 Å². The van der Waals surface area contributed by atoms with Gasteiger partial charge in [-0.05, 0) is 61.4 Å². The van der Waals surface area contributed by atoms with Crippen molar-refractivity contribution in [1.82, 2.24) is 4.98 Å². The van der Waals surface area contributed by atoms with E-state index in [1.165, 1.54) is 11.1 Å². The summed E-state index contributed by atoms with van der Waals surface area (Å²) in [5.74, 6) is 1.57. The summed E-state index contributed by atoms with van der Waals surface area (Å²) >= 11 is 0. The average molecular weight is 377 g/mol. The van der Waals surface area contributed by atoms with E-state index in [-0.39, 0.29) is 5.91 Å². The van der Waals surface area contributed by atoms with Crippen molar-refractivity contribution in [3.63, 3.8) is 0 Å². The van der Waals surface area contributed by atoms with Crippen molar-refractivity contribution in [3.8, 4) is 11.5 Å². The van der Waals surface area contributed by atoms with Crippen LogP contribution in [0.5, 0.6) is 11.5 Å². The first kappa shape index (κ1) is 19.2. The molecule has 1 aromatic heterocycles. The number of aromatic nitrogens is 1. The van der Waals surface area contributed by atoms with Crippen molar-refractivity contribution >= 4 is 23.1 Å². The molecule has 2 N–H and O–H groups in total. The zero-order valence-electron chi connectivity index (χ0n) is 16.4. The molecule has 1 amide bonds. The number of aryl methyl sites for hydroxylation is 2. The first-order chi connectivity index (χ1) is 13.5. The third-order valence-corrected chi connectivity index (χ3v) is 4.45. The summed E-state index contributed by atoms with van der Waals surface area (Å²) in [5, 5.41) is 6.07. The molecule has 0 bridgehead atoms. The van der Waals surface area contributed by atoms with Crippen LogP contribution in [-0.2, 0) is 0 Å². The molecule has 6 heteroatoms. The second-order valence-corrected chi connectivity index (χ2v) is 6.38. The summed E-state index contributed by atoms with van der Waals surface area (Å²) < 4.78 is 10.5. The van der Waals surface area contributed by atoms with Crippen LogP contribution in [0.2, 0.25) is 0 Å². The molecule has 0 aliphatic carbocycles. The number of nitrogens with one attached hydrogen (secondary N) is 2. The van der Waals surface area contributed by atoms with E-state index in [1.807, 2.05) is 6.07 Å². The van der Waals surface area contributed by atoms with Gasteiger partial charge in [-0.3, -0.25) is 4.79 Å². The highest BCUT2D eigenvalue weighted by atomic mass is 16.5. The van der Waals surface area contributed by atoms with E-state index >= 15 is 0 Å². The quantitative estimate of drug-likeness (QED) is 0.651. The SMILES string of the molecule is COc1ccc(NC(=O)c2ccc(Nc3ccc(C)c(C)c3)nc2)cc1OC. The predicted octanol–water partition coefficient (Wildman–Crippen LogP) is 4.71. The minimum atomic E-state index is -0.252. The molecule has 3 aromatic rings. The topological polar surface area (TPSA) is 72.5 Å². The minimum absolute atomic E-state index is 0.252. The number of hydrogen-bond acceptors (Lipinski definition) is 5. The number of hydrogen-bond donors (Lipinski definition) is 2. The van der Waals surface area contributed by atoms with Crippen molar-refractivity contribution in [2.45, 2.75) is 13.8 Å². The number of carbonyl (C=O) groups excluding carboxylic acids is 1. The summed E-state index contributed by atoms with van der Waals surface area (Å²) in [6.45, 7) is 4.14. The molecular formula is C22H23N3O3. The largest absolute Gasteiger partial charge is 0.493 e. The van der Waals surface area contributed by atoms with Gasteiger partial charge in [0.15, 0.2) is 11.5 Å². The van der Waals surface area contributed by atoms with Crippen LogP contribution in [-0.4, -0.2) is 25.1 Å². The maximum atomic E-state index is 12.5. The number of carbonyl (C=O) groups is 1. The van der Waals surface area contributed by atoms with Gasteiger partial charge >= 0.3 is 0 Å². The number of amides is 1. The number of anilines is 3. The standard InChI is InChI=1S/C22H23N3O3/c1-14-5-7-17(11-15(14)2)24-21-10-6-16(13-23-21)22(26)25-18-8-9-19(27-3)20(12-18)28-4/h5-13H,1-4H3,(H,23,24)(H,25,26). The van der Waals surface area contributed by atoms with Crippen LogP contribution in [0.25, 0.3) is 0 Å². The third kappa shape index (κ3) is 4.40. The Hall–Kier alpha value is -3.54. The van der Waals surface area contributed by atoms with E-state index in [4.69, 9.17) is 9.47 Å². The lowest BCUT2D eigenvalue weighted by Gasteiger charge is -2.11. The van der Waals surface area contributed by atoms with Crippen molar-refractivity contribution in [1.29, 1.82) is 0 Å². The van der Waals surface area contributed by atoms with Crippen molar-refractivity contribution in [2.75, 3.05) is 24.9 Å². The van der Waals surface area contributed by atoms with Crippen LogP contribution >= 0.6 is 0 Å². The molecule has 0 aliphatic rings. The van der Waals surface area contributed by atoms with Crippen molar-refractivity contribution in [2.24, 2.45) is 0 Å². The van der Waals surface area contributed by atoms with Crippen LogP contribution < -0.4 is 20.1 Å². The van der Waals surface area contributed by atoms with E-state index in [2.05, 4.69) is 41.6 Å². The lowest BCUT2D eigenvalue weighted by atomic mass is 10.1. The molecule has 0 spiro atoms. The summed E-state index contributed by atoms with van der Waals surface area (Å²) in [7, 11) is 3.12. The molecule has 0 aliphatic heterocycles. The summed E-state index contributed by atoms with van der Waals surface area (Å²) in [4.78, 5) is 16.8. The molecule has 3 rings (SSSR count). The van der Waals surface area contributed by atoms with Gasteiger partial charge in [-0.1, -0.05) is 6.07 Å². The molecule has 0 unspecified atom stereocenters. The highest BCUT2D eigenvalue weighted by molar-refractivity contribution is 6.04. The maximum Gasteiger partial charge on any atom is 0.257 e. The van der Waals surface area contributed by atoms with Gasteiger partial charge in [0, 0.05) is 23.6 Å². The number of rotatable bonds is 6. The van der Waals surface area contributed by atoms with Gasteiger partial charge in [-0.25, -0.2) is 4.98 Å². The second-order valence-electron chi connectivity index (χ2n) is 6.38. The molecule has 0 radical (unpaired) electrons. The minimum Gasteiger partial charge on any atom is -0.493 e. The first-order valence-electron chi connectivity index (χ1n) is 8.84. The lowest BCUT2D eigenvalue weighted by Crippen LogP contribution is -2.12. The van der Waals surface area contributed by atoms with Crippen LogP contribution in [0.1, 0.15) is 21.5 Å². The first-order valence-corrected chi connectivity index (χ1v) is 8.84. The Kier molecular flexibility index (Phi) is 5.79. The Labute approximate surface area is 164 Å². The van der Waals surface area contributed by atoms with Gasteiger partial charge in [0.2, 0.25) is 0 Å². The van der Waals surface area contributed by atoms with E-state index in [0.717, 1.165) is 5.69 Å². The van der Waals surface area contributed by atoms with Gasteiger partial charge in [0.1, 0.15) is 5.82 Å². The van der Waals surface area contributed by atoms with Gasteiger partial charge in [-0.15, -0.1) is 0 Å². The highest BCUT2D eigenvalue weighted by Gasteiger charge is 2.10. The number of pyridine rings is 1. The molecule has 0 saturated heterocycles. The Balaban J connectivity index is 1.69. The summed E-state index contributed by atoms with van der Waals surface area (Å²) in [6.07, 6.45) is 1.54. The maximum absolute atomic E-state index is 12.5. The Bertz CT molecular complexity index is 985. The average Bonchev–Trinajstić information content (AvgIpc) is 2.71. The molecule has 0 atom stereocenters. The van der Waals surface area contributed by atoms with Crippen LogP contribution in [0.3, 0.4) is 0 Å². The van der Waals surface area contributed by atoms with Crippen molar-refractivity contribution < 1.29 is 14.3 Å². The fraction of sp³-hybridized carbons (Fsp3) is 0.182. The Morgan fingerprint density at radius 2 is 1.61 bits per heavy atom. The monoisotopic (exact) mass is 377 g/mol. The molecule has 0 saturated carbocycles. The number of methoxy groups -OCH3 is 2. The highest BCUT2D eigenvalue weighted by Crippen LogP contribution is 2.30. The smallest absolute Gasteiger partial charge is 0.257 e. The van der Waals surface area contributed by atoms with Crippen molar-refractivity contribution in [3.05, 3.63) is 71.4 Å². The van der Waals surface area contributed by atoms with Crippen LogP contribution in [0.15, 0.2) is 54.7 Å². The van der Waals surface area contributed by atoms with Gasteiger partial charge in [-0.2, -0.15) is 0 Å². The zero-order valence-corrected chi connectivity index (χ0v) is 16.4. The summed E-state index contributed by atoms with van der Waals surface area (Å²) in [5.41, 5.74) is 4.47. The van der Waals surface area contributed by atoms with E-state index < -0.39 is 0 Å². The molecule has 2 aromatic carbocycles. The third-order valence-electron chi connectivity index (χ3n) is 4.45. The van der Waals surface area contributed by atoms with Gasteiger partial charge in [0.05, 0.1) is 19.8 Å². The van der Waals surface area contributed by atoms with Gasteiger partial charge < -0.3 is 20.1 Å². The van der Waals surface area contributed by atoms with Gasteiger partial charge in [0.25, 0.3) is 5.91 Å². The van der Waals surface area contributed by atoms with Crippen LogP contribution in [0.4, 0.5) is 17.2 Å². The fourth-order valence-corrected chi connectivity index (χ4v) is 2.69. The molecule has 1 heterocycles. The Morgan fingerprint density at radius 1 is 0.857 bits per heavy atom.